The van der Waals surface area contributed by atoms with Crippen LogP contribution in [0, 0.1) is 0 Å². The minimum absolute atomic E-state index is 0.269. The van der Waals surface area contributed by atoms with Gasteiger partial charge >= 0.3 is 5.97 Å². The predicted molar refractivity (Wildman–Crippen MR) is 75.4 cm³/mol. The Labute approximate surface area is 121 Å². The fourth-order valence-electron chi connectivity index (χ4n) is 1.70. The second-order valence-electron chi connectivity index (χ2n) is 4.36. The molecular formula is C14H16N4O3. The summed E-state index contributed by atoms with van der Waals surface area (Å²) < 4.78 is 4.83. The minimum Gasteiger partial charge on any atom is -0.464 e. The maximum Gasteiger partial charge on any atom is 0.328 e. The quantitative estimate of drug-likeness (QED) is 0.804. The molecule has 0 saturated carbocycles. The highest BCUT2D eigenvalue weighted by Gasteiger charge is 2.19. The minimum atomic E-state index is -0.720. The summed E-state index contributed by atoms with van der Waals surface area (Å²) in [5.41, 5.74) is 1.67. The zero-order valence-electron chi connectivity index (χ0n) is 11.8. The molecule has 0 fully saturated rings. The van der Waals surface area contributed by atoms with Crippen molar-refractivity contribution in [2.75, 3.05) is 6.61 Å². The summed E-state index contributed by atoms with van der Waals surface area (Å²) in [5.74, 6) is -0.893. The van der Waals surface area contributed by atoms with Crippen LogP contribution in [-0.4, -0.2) is 39.7 Å². The summed E-state index contributed by atoms with van der Waals surface area (Å²) >= 11 is 0. The highest BCUT2D eigenvalue weighted by molar-refractivity contribution is 5.95. The van der Waals surface area contributed by atoms with Crippen molar-refractivity contribution < 1.29 is 14.3 Å². The van der Waals surface area contributed by atoms with Gasteiger partial charge in [-0.3, -0.25) is 14.9 Å². The molecule has 2 aromatic heterocycles. The first-order valence-electron chi connectivity index (χ1n) is 6.55. The molecule has 1 atom stereocenters. The molecule has 2 aromatic rings. The van der Waals surface area contributed by atoms with Gasteiger partial charge in [0.15, 0.2) is 0 Å². The predicted octanol–water partition coefficient (Wildman–Crippen LogP) is 1.15. The van der Waals surface area contributed by atoms with E-state index in [1.165, 1.54) is 0 Å². The van der Waals surface area contributed by atoms with Gasteiger partial charge < -0.3 is 10.1 Å². The van der Waals surface area contributed by atoms with E-state index in [4.69, 9.17) is 4.74 Å². The topological polar surface area (TPSA) is 97.0 Å². The number of nitrogens with zero attached hydrogens (tertiary/aromatic N) is 2. The van der Waals surface area contributed by atoms with Gasteiger partial charge in [-0.25, -0.2) is 4.79 Å². The number of nitrogens with one attached hydrogen (secondary N) is 2. The smallest absolute Gasteiger partial charge is 0.328 e. The molecule has 7 heteroatoms. The van der Waals surface area contributed by atoms with Gasteiger partial charge in [0, 0.05) is 18.0 Å². The Bertz CT molecular complexity index is 624. The summed E-state index contributed by atoms with van der Waals surface area (Å²) in [6.07, 6.45) is 3.31. The lowest BCUT2D eigenvalue weighted by Crippen LogP contribution is -2.39. The zero-order chi connectivity index (χ0) is 15.2. The number of hydrogen-bond donors (Lipinski definition) is 2. The number of H-pyrrole nitrogens is 1. The zero-order valence-corrected chi connectivity index (χ0v) is 11.8. The number of esters is 1. The average Bonchev–Trinajstić information content (AvgIpc) is 2.98. The maximum absolute atomic E-state index is 12.0. The van der Waals surface area contributed by atoms with Gasteiger partial charge in [0.25, 0.3) is 5.91 Å². The monoisotopic (exact) mass is 288 g/mol. The number of carbonyl (C=O) groups is 2. The normalized spacial score (nSPS) is 11.7. The fourth-order valence-corrected chi connectivity index (χ4v) is 1.70. The van der Waals surface area contributed by atoms with Crippen molar-refractivity contribution >= 4 is 11.9 Å². The second-order valence-corrected chi connectivity index (χ2v) is 4.36. The van der Waals surface area contributed by atoms with E-state index in [0.29, 0.717) is 5.69 Å². The molecule has 1 unspecified atom stereocenters. The molecule has 0 bridgehead atoms. The van der Waals surface area contributed by atoms with E-state index in [0.717, 1.165) is 5.56 Å². The molecule has 21 heavy (non-hydrogen) atoms. The van der Waals surface area contributed by atoms with Gasteiger partial charge in [-0.15, -0.1) is 0 Å². The van der Waals surface area contributed by atoms with Crippen molar-refractivity contribution in [2.24, 2.45) is 0 Å². The number of ether oxygens (including phenoxy) is 1. The van der Waals surface area contributed by atoms with Gasteiger partial charge in [0.1, 0.15) is 11.7 Å². The summed E-state index contributed by atoms with van der Waals surface area (Å²) in [5, 5.41) is 9.24. The summed E-state index contributed by atoms with van der Waals surface area (Å²) in [6, 6.07) is 4.51. The number of pyridine rings is 1. The van der Waals surface area contributed by atoms with Crippen LogP contribution in [0.25, 0.3) is 11.3 Å². The fraction of sp³-hybridized carbons (Fsp3) is 0.286. The summed E-state index contributed by atoms with van der Waals surface area (Å²) in [4.78, 5) is 27.5. The number of aromatic nitrogens is 3. The van der Waals surface area contributed by atoms with E-state index in [2.05, 4.69) is 20.5 Å². The van der Waals surface area contributed by atoms with Crippen LogP contribution in [0.3, 0.4) is 0 Å². The molecule has 1 amide bonds. The Balaban J connectivity index is 2.04. The van der Waals surface area contributed by atoms with E-state index in [1.807, 2.05) is 6.07 Å². The molecule has 0 aliphatic carbocycles. The maximum atomic E-state index is 12.0. The van der Waals surface area contributed by atoms with Gasteiger partial charge in [-0.1, -0.05) is 0 Å². The lowest BCUT2D eigenvalue weighted by molar-refractivity contribution is -0.144. The second kappa shape index (κ2) is 6.65. The van der Waals surface area contributed by atoms with E-state index in [-0.39, 0.29) is 12.3 Å². The molecule has 7 nitrogen and oxygen atoms in total. The summed E-state index contributed by atoms with van der Waals surface area (Å²) in [7, 11) is 0. The first-order chi connectivity index (χ1) is 10.1. The van der Waals surface area contributed by atoms with E-state index in [9.17, 15) is 9.59 Å². The molecule has 0 aliphatic rings. The van der Waals surface area contributed by atoms with Crippen molar-refractivity contribution in [2.45, 2.75) is 19.9 Å². The SMILES string of the molecule is CCOC(=O)C(C)NC(=O)c1cc(-c2cccnc2)n[nH]1. The van der Waals surface area contributed by atoms with Gasteiger partial charge in [-0.2, -0.15) is 5.10 Å². The molecule has 0 saturated heterocycles. The Hall–Kier alpha value is -2.70. The van der Waals surface area contributed by atoms with Crippen LogP contribution in [0.4, 0.5) is 0 Å². The van der Waals surface area contributed by atoms with E-state index < -0.39 is 17.9 Å². The van der Waals surface area contributed by atoms with Crippen LogP contribution < -0.4 is 5.32 Å². The largest absolute Gasteiger partial charge is 0.464 e. The number of aromatic amines is 1. The molecule has 0 spiro atoms. The number of hydrogen-bond acceptors (Lipinski definition) is 5. The van der Waals surface area contributed by atoms with Crippen molar-refractivity contribution in [3.05, 3.63) is 36.3 Å². The Morgan fingerprint density at radius 3 is 2.95 bits per heavy atom. The van der Waals surface area contributed by atoms with E-state index >= 15 is 0 Å². The summed E-state index contributed by atoms with van der Waals surface area (Å²) in [6.45, 7) is 3.55. The molecule has 0 aromatic carbocycles. The van der Waals surface area contributed by atoms with Crippen molar-refractivity contribution in [1.29, 1.82) is 0 Å². The molecule has 2 rings (SSSR count). The first kappa shape index (κ1) is 14.7. The van der Waals surface area contributed by atoms with Crippen LogP contribution in [0.5, 0.6) is 0 Å². The van der Waals surface area contributed by atoms with Crippen LogP contribution >= 0.6 is 0 Å². The average molecular weight is 288 g/mol. The number of rotatable bonds is 5. The third kappa shape index (κ3) is 3.65. The highest BCUT2D eigenvalue weighted by atomic mass is 16.5. The van der Waals surface area contributed by atoms with Crippen molar-refractivity contribution in [3.63, 3.8) is 0 Å². The lowest BCUT2D eigenvalue weighted by Gasteiger charge is -2.11. The van der Waals surface area contributed by atoms with Crippen LogP contribution in [0.15, 0.2) is 30.6 Å². The molecule has 0 aliphatic heterocycles. The number of amides is 1. The van der Waals surface area contributed by atoms with Gasteiger partial charge in [0.2, 0.25) is 0 Å². The molecule has 2 heterocycles. The third-order valence-electron chi connectivity index (χ3n) is 2.77. The van der Waals surface area contributed by atoms with Crippen molar-refractivity contribution in [3.8, 4) is 11.3 Å². The molecule has 2 N–H and O–H groups in total. The third-order valence-corrected chi connectivity index (χ3v) is 2.77. The highest BCUT2D eigenvalue weighted by Crippen LogP contribution is 2.15. The standard InChI is InChI=1S/C14H16N4O3/c1-3-21-14(20)9(2)16-13(19)12-7-11(17-18-12)10-5-4-6-15-8-10/h4-9H,3H2,1-2H3,(H,16,19)(H,17,18). The molecule has 110 valence electrons. The van der Waals surface area contributed by atoms with Crippen LogP contribution in [0.2, 0.25) is 0 Å². The Morgan fingerprint density at radius 1 is 1.48 bits per heavy atom. The van der Waals surface area contributed by atoms with Crippen LogP contribution in [0.1, 0.15) is 24.3 Å². The molecule has 0 radical (unpaired) electrons. The molecular weight excluding hydrogens is 272 g/mol. The van der Waals surface area contributed by atoms with Crippen LogP contribution in [-0.2, 0) is 9.53 Å². The Kier molecular flexibility index (Phi) is 4.65. The Morgan fingerprint density at radius 2 is 2.29 bits per heavy atom. The van der Waals surface area contributed by atoms with E-state index in [1.54, 1.807) is 38.4 Å². The van der Waals surface area contributed by atoms with Gasteiger partial charge in [0.05, 0.1) is 12.3 Å². The van der Waals surface area contributed by atoms with Gasteiger partial charge in [-0.05, 0) is 32.0 Å². The first-order valence-corrected chi connectivity index (χ1v) is 6.55. The lowest BCUT2D eigenvalue weighted by atomic mass is 10.2. The number of carbonyl (C=O) groups excluding carboxylic acids is 2. The van der Waals surface area contributed by atoms with Crippen molar-refractivity contribution in [1.82, 2.24) is 20.5 Å².